The Morgan fingerprint density at radius 2 is 1.93 bits per heavy atom. The van der Waals surface area contributed by atoms with Gasteiger partial charge >= 0.3 is 5.97 Å². The molecule has 1 aromatic carbocycles. The topological polar surface area (TPSA) is 69.5 Å². The number of rotatable bonds is 7. The highest BCUT2D eigenvalue weighted by molar-refractivity contribution is 5.99. The average molecular weight is 400 g/mol. The Bertz CT molecular complexity index is 1010. The van der Waals surface area contributed by atoms with E-state index in [2.05, 4.69) is 4.98 Å². The van der Waals surface area contributed by atoms with E-state index < -0.39 is 5.97 Å². The lowest BCUT2D eigenvalue weighted by atomic mass is 10.1. The number of anilines is 1. The maximum absolute atomic E-state index is 13.4. The number of ether oxygens (including phenoxy) is 2. The van der Waals surface area contributed by atoms with Crippen molar-refractivity contribution in [2.45, 2.75) is 19.8 Å². The summed E-state index contributed by atoms with van der Waals surface area (Å²) >= 11 is 0. The highest BCUT2D eigenvalue weighted by Gasteiger charge is 2.24. The third kappa shape index (κ3) is 4.07. The number of nitrogens with zero attached hydrogens (tertiary/aromatic N) is 4. The van der Waals surface area contributed by atoms with Crippen molar-refractivity contribution in [3.8, 4) is 5.69 Å². The molecule has 3 aromatic rings. The number of likely N-dealkylation sites (N-methyl/N-ethyl adjacent to an activating group) is 1. The molecule has 0 aliphatic rings. The summed E-state index contributed by atoms with van der Waals surface area (Å²) in [6, 6.07) is 7.72. The van der Waals surface area contributed by atoms with E-state index in [1.54, 1.807) is 30.0 Å². The smallest absolute Gasteiger partial charge is 0.356 e. The summed E-state index contributed by atoms with van der Waals surface area (Å²) < 4.78 is 25.2. The zero-order chi connectivity index (χ0) is 21.1. The van der Waals surface area contributed by atoms with Crippen molar-refractivity contribution >= 4 is 22.7 Å². The number of hydrogen-bond donors (Lipinski definition) is 0. The molecule has 154 valence electrons. The van der Waals surface area contributed by atoms with Crippen LogP contribution in [0.25, 0.3) is 16.7 Å². The van der Waals surface area contributed by atoms with Gasteiger partial charge in [0.25, 0.3) is 0 Å². The summed E-state index contributed by atoms with van der Waals surface area (Å²) in [5.41, 5.74) is 3.00. The Hall–Kier alpha value is -3.00. The molecule has 0 saturated heterocycles. The second kappa shape index (κ2) is 8.57. The molecule has 29 heavy (non-hydrogen) atoms. The number of esters is 1. The van der Waals surface area contributed by atoms with Crippen LogP contribution in [0.5, 0.6) is 0 Å². The highest BCUT2D eigenvalue weighted by atomic mass is 19.1. The largest absolute Gasteiger partial charge is 0.464 e. The van der Waals surface area contributed by atoms with Gasteiger partial charge in [0, 0.05) is 20.7 Å². The van der Waals surface area contributed by atoms with Gasteiger partial charge in [-0.2, -0.15) is 5.10 Å². The molecule has 0 aliphatic carbocycles. The summed E-state index contributed by atoms with van der Waals surface area (Å²) in [7, 11) is 4.88. The number of pyridine rings is 1. The van der Waals surface area contributed by atoms with Gasteiger partial charge in [0.1, 0.15) is 5.82 Å². The van der Waals surface area contributed by atoms with E-state index in [0.29, 0.717) is 24.5 Å². The molecule has 0 amide bonds. The maximum Gasteiger partial charge on any atom is 0.356 e. The van der Waals surface area contributed by atoms with E-state index in [1.165, 1.54) is 19.2 Å². The zero-order valence-electron chi connectivity index (χ0n) is 17.3. The predicted octanol–water partition coefficient (Wildman–Crippen LogP) is 3.55. The van der Waals surface area contributed by atoms with Crippen molar-refractivity contribution in [1.29, 1.82) is 0 Å². The quantitative estimate of drug-likeness (QED) is 0.565. The molecule has 0 unspecified atom stereocenters. The lowest BCUT2D eigenvalue weighted by Crippen LogP contribution is -2.23. The van der Waals surface area contributed by atoms with Gasteiger partial charge < -0.3 is 14.4 Å². The van der Waals surface area contributed by atoms with Crippen LogP contribution >= 0.6 is 0 Å². The fraction of sp³-hybridized carbons (Fsp3) is 0.381. The number of carbonyl (C=O) groups excluding carboxylic acids is 1. The molecule has 2 aromatic heterocycles. The molecular weight excluding hydrogens is 375 g/mol. The normalized spacial score (nSPS) is 11.3. The molecule has 0 radical (unpaired) electrons. The molecule has 0 fully saturated rings. The van der Waals surface area contributed by atoms with Crippen LogP contribution in [0.3, 0.4) is 0 Å². The molecule has 0 aliphatic heterocycles. The third-order valence-electron chi connectivity index (χ3n) is 4.70. The van der Waals surface area contributed by atoms with E-state index in [0.717, 1.165) is 16.8 Å². The Kier molecular flexibility index (Phi) is 6.12. The first-order chi connectivity index (χ1) is 13.9. The first kappa shape index (κ1) is 20.7. The molecule has 2 heterocycles. The minimum Gasteiger partial charge on any atom is -0.464 e. The first-order valence-corrected chi connectivity index (χ1v) is 9.35. The fourth-order valence-electron chi connectivity index (χ4n) is 3.15. The van der Waals surface area contributed by atoms with Crippen LogP contribution < -0.4 is 4.90 Å². The average Bonchev–Trinajstić information content (AvgIpc) is 3.11. The second-order valence-corrected chi connectivity index (χ2v) is 7.06. The Balaban J connectivity index is 2.33. The van der Waals surface area contributed by atoms with E-state index in [9.17, 15) is 9.18 Å². The van der Waals surface area contributed by atoms with Crippen LogP contribution in [0.1, 0.15) is 35.9 Å². The minimum atomic E-state index is -0.536. The van der Waals surface area contributed by atoms with Crippen LogP contribution in [-0.2, 0) is 9.47 Å². The van der Waals surface area contributed by atoms with Crippen LogP contribution in [0.15, 0.2) is 30.3 Å². The van der Waals surface area contributed by atoms with E-state index in [4.69, 9.17) is 14.6 Å². The van der Waals surface area contributed by atoms with Crippen LogP contribution in [0.2, 0.25) is 0 Å². The number of carbonyl (C=O) groups is 1. The Morgan fingerprint density at radius 1 is 1.24 bits per heavy atom. The number of hydrogen-bond acceptors (Lipinski definition) is 6. The standard InChI is InChI=1S/C21H25FN4O3/c1-13(2)19-18-17(25(3)10-11-28-4)12-16(21(27)29-5)23-20(18)26(24-19)15-8-6-14(22)7-9-15/h6-9,12-13H,10-11H2,1-5H3. The van der Waals surface area contributed by atoms with Crippen molar-refractivity contribution < 1.29 is 18.7 Å². The highest BCUT2D eigenvalue weighted by Crippen LogP contribution is 2.34. The third-order valence-corrected chi connectivity index (χ3v) is 4.70. The van der Waals surface area contributed by atoms with Gasteiger partial charge in [-0.05, 0) is 36.2 Å². The van der Waals surface area contributed by atoms with Gasteiger partial charge in [-0.1, -0.05) is 13.8 Å². The molecule has 0 spiro atoms. The maximum atomic E-state index is 13.4. The van der Waals surface area contributed by atoms with Crippen molar-refractivity contribution in [2.24, 2.45) is 0 Å². The lowest BCUT2D eigenvalue weighted by molar-refractivity contribution is 0.0594. The molecule has 8 heteroatoms. The minimum absolute atomic E-state index is 0.111. The van der Waals surface area contributed by atoms with E-state index in [-0.39, 0.29) is 17.4 Å². The van der Waals surface area contributed by atoms with Gasteiger partial charge in [0.05, 0.1) is 36.2 Å². The molecule has 0 saturated carbocycles. The molecule has 0 bridgehead atoms. The Labute approximate surface area is 169 Å². The SMILES string of the molecule is COCCN(C)c1cc(C(=O)OC)nc2c1c(C(C)C)nn2-c1ccc(F)cc1. The lowest BCUT2D eigenvalue weighted by Gasteiger charge is -2.21. The number of methoxy groups -OCH3 is 2. The van der Waals surface area contributed by atoms with Crippen molar-refractivity contribution in [1.82, 2.24) is 14.8 Å². The van der Waals surface area contributed by atoms with Crippen molar-refractivity contribution in [2.75, 3.05) is 39.3 Å². The molecular formula is C21H25FN4O3. The van der Waals surface area contributed by atoms with Gasteiger partial charge in [0.15, 0.2) is 11.3 Å². The van der Waals surface area contributed by atoms with Crippen LogP contribution in [-0.4, -0.2) is 55.2 Å². The Morgan fingerprint density at radius 3 is 2.52 bits per heavy atom. The van der Waals surface area contributed by atoms with Crippen molar-refractivity contribution in [3.05, 3.63) is 47.5 Å². The van der Waals surface area contributed by atoms with Gasteiger partial charge in [-0.15, -0.1) is 0 Å². The number of benzene rings is 1. The van der Waals surface area contributed by atoms with Gasteiger partial charge in [-0.25, -0.2) is 18.9 Å². The summed E-state index contributed by atoms with van der Waals surface area (Å²) in [5.74, 6) is -0.761. The van der Waals surface area contributed by atoms with Gasteiger partial charge in [-0.3, -0.25) is 0 Å². The fourth-order valence-corrected chi connectivity index (χ4v) is 3.15. The van der Waals surface area contributed by atoms with E-state index >= 15 is 0 Å². The van der Waals surface area contributed by atoms with Crippen molar-refractivity contribution in [3.63, 3.8) is 0 Å². The summed E-state index contributed by atoms with van der Waals surface area (Å²) in [6.45, 7) is 5.24. The zero-order valence-corrected chi connectivity index (χ0v) is 17.3. The van der Waals surface area contributed by atoms with Crippen LogP contribution in [0, 0.1) is 5.82 Å². The predicted molar refractivity (Wildman–Crippen MR) is 109 cm³/mol. The second-order valence-electron chi connectivity index (χ2n) is 7.06. The van der Waals surface area contributed by atoms with E-state index in [1.807, 2.05) is 25.8 Å². The summed E-state index contributed by atoms with van der Waals surface area (Å²) in [4.78, 5) is 18.8. The molecule has 0 N–H and O–H groups in total. The number of aromatic nitrogens is 3. The van der Waals surface area contributed by atoms with Gasteiger partial charge in [0.2, 0.25) is 0 Å². The first-order valence-electron chi connectivity index (χ1n) is 9.35. The molecule has 3 rings (SSSR count). The molecule has 0 atom stereocenters. The number of fused-ring (bicyclic) bond motifs is 1. The number of halogens is 1. The van der Waals surface area contributed by atoms with Crippen LogP contribution in [0.4, 0.5) is 10.1 Å². The summed E-state index contributed by atoms with van der Waals surface area (Å²) in [5, 5.41) is 5.60. The summed E-state index contributed by atoms with van der Waals surface area (Å²) in [6.07, 6.45) is 0. The monoisotopic (exact) mass is 400 g/mol. The molecule has 7 nitrogen and oxygen atoms in total.